The third-order valence-electron chi connectivity index (χ3n) is 1.63. The number of nitrogens with zero attached hydrogens (tertiary/aromatic N) is 3. The standard InChI is InChI=1S/C7H9F2N3O2/c1-2-12-4-5(10-11-12)3-7(8,9)6(13)14/h4H,2-3H2,1H3,(H,13,14). The van der Waals surface area contributed by atoms with Gasteiger partial charge in [0.15, 0.2) is 0 Å². The van der Waals surface area contributed by atoms with Crippen molar-refractivity contribution in [2.45, 2.75) is 25.8 Å². The molecule has 0 aromatic carbocycles. The number of carboxylic acids is 1. The van der Waals surface area contributed by atoms with Crippen LogP contribution in [-0.2, 0) is 17.8 Å². The molecule has 0 unspecified atom stereocenters. The number of aromatic nitrogens is 3. The summed E-state index contributed by atoms with van der Waals surface area (Å²) in [6.45, 7) is 2.28. The topological polar surface area (TPSA) is 68.0 Å². The Bertz CT molecular complexity index is 337. The van der Waals surface area contributed by atoms with Gasteiger partial charge in [0.05, 0.1) is 12.1 Å². The molecule has 1 aromatic rings. The summed E-state index contributed by atoms with van der Waals surface area (Å²) < 4.78 is 26.7. The van der Waals surface area contributed by atoms with Crippen LogP contribution in [0.2, 0.25) is 0 Å². The van der Waals surface area contributed by atoms with Crippen molar-refractivity contribution in [1.29, 1.82) is 0 Å². The number of aryl methyl sites for hydroxylation is 1. The van der Waals surface area contributed by atoms with E-state index in [2.05, 4.69) is 10.3 Å². The summed E-state index contributed by atoms with van der Waals surface area (Å²) in [6.07, 6.45) is 0.374. The second kappa shape index (κ2) is 3.69. The van der Waals surface area contributed by atoms with Crippen LogP contribution < -0.4 is 0 Å². The van der Waals surface area contributed by atoms with Crippen LogP contribution in [0.25, 0.3) is 0 Å². The van der Waals surface area contributed by atoms with Crippen LogP contribution in [0, 0.1) is 0 Å². The van der Waals surface area contributed by atoms with Crippen molar-refractivity contribution in [3.63, 3.8) is 0 Å². The molecule has 1 N–H and O–H groups in total. The molecule has 0 aliphatic carbocycles. The van der Waals surface area contributed by atoms with Gasteiger partial charge in [-0.25, -0.2) is 4.79 Å². The van der Waals surface area contributed by atoms with Gasteiger partial charge in [0.25, 0.3) is 0 Å². The van der Waals surface area contributed by atoms with Crippen LogP contribution >= 0.6 is 0 Å². The monoisotopic (exact) mass is 205 g/mol. The molecule has 0 aliphatic heterocycles. The maximum Gasteiger partial charge on any atom is 0.374 e. The summed E-state index contributed by atoms with van der Waals surface area (Å²) in [5.41, 5.74) is -0.0285. The molecule has 0 atom stereocenters. The average Bonchev–Trinajstić information content (AvgIpc) is 2.51. The van der Waals surface area contributed by atoms with Gasteiger partial charge in [-0.2, -0.15) is 8.78 Å². The highest BCUT2D eigenvalue weighted by molar-refractivity contribution is 5.75. The molecular formula is C7H9F2N3O2. The zero-order chi connectivity index (χ0) is 10.8. The van der Waals surface area contributed by atoms with Gasteiger partial charge < -0.3 is 5.11 Å². The number of aliphatic carboxylic acids is 1. The van der Waals surface area contributed by atoms with E-state index < -0.39 is 18.3 Å². The first-order valence-corrected chi connectivity index (χ1v) is 3.96. The molecule has 14 heavy (non-hydrogen) atoms. The number of carbonyl (C=O) groups is 1. The summed E-state index contributed by atoms with van der Waals surface area (Å²) >= 11 is 0. The lowest BCUT2D eigenvalue weighted by atomic mass is 10.2. The van der Waals surface area contributed by atoms with Gasteiger partial charge in [-0.05, 0) is 6.92 Å². The molecule has 0 saturated heterocycles. The lowest BCUT2D eigenvalue weighted by Gasteiger charge is -2.07. The Morgan fingerprint density at radius 2 is 2.36 bits per heavy atom. The number of rotatable bonds is 4. The summed E-state index contributed by atoms with van der Waals surface area (Å²) in [7, 11) is 0. The van der Waals surface area contributed by atoms with Gasteiger partial charge in [0.1, 0.15) is 0 Å². The van der Waals surface area contributed by atoms with Crippen molar-refractivity contribution in [3.05, 3.63) is 11.9 Å². The Kier molecular flexibility index (Phi) is 2.78. The van der Waals surface area contributed by atoms with Gasteiger partial charge in [-0.15, -0.1) is 5.10 Å². The third-order valence-corrected chi connectivity index (χ3v) is 1.63. The lowest BCUT2D eigenvalue weighted by Crippen LogP contribution is -2.30. The fourth-order valence-electron chi connectivity index (χ4n) is 0.877. The normalized spacial score (nSPS) is 11.6. The maximum absolute atomic E-state index is 12.7. The van der Waals surface area contributed by atoms with Crippen LogP contribution in [0.5, 0.6) is 0 Å². The van der Waals surface area contributed by atoms with Gasteiger partial charge in [-0.1, -0.05) is 5.21 Å². The molecule has 78 valence electrons. The van der Waals surface area contributed by atoms with E-state index in [9.17, 15) is 13.6 Å². The molecule has 0 fully saturated rings. The van der Waals surface area contributed by atoms with E-state index in [1.807, 2.05) is 0 Å². The summed E-state index contributed by atoms with van der Waals surface area (Å²) in [6, 6.07) is 0. The number of hydrogen-bond acceptors (Lipinski definition) is 3. The highest BCUT2D eigenvalue weighted by Gasteiger charge is 2.39. The predicted octanol–water partition coefficient (Wildman–Crippen LogP) is 0.560. The lowest BCUT2D eigenvalue weighted by molar-refractivity contribution is -0.164. The Morgan fingerprint density at radius 1 is 1.71 bits per heavy atom. The van der Waals surface area contributed by atoms with Crippen LogP contribution in [0.4, 0.5) is 8.78 Å². The minimum absolute atomic E-state index is 0.0285. The minimum atomic E-state index is -3.78. The number of alkyl halides is 2. The third kappa shape index (κ3) is 2.24. The van der Waals surface area contributed by atoms with Crippen LogP contribution in [0.1, 0.15) is 12.6 Å². The van der Waals surface area contributed by atoms with Crippen molar-refractivity contribution >= 4 is 5.97 Å². The number of carboxylic acid groups (broad SMARTS) is 1. The molecule has 0 amide bonds. The summed E-state index contributed by atoms with van der Waals surface area (Å²) in [5.74, 6) is -5.93. The van der Waals surface area contributed by atoms with Crippen molar-refractivity contribution in [3.8, 4) is 0 Å². The molecular weight excluding hydrogens is 196 g/mol. The Labute approximate surface area is 78.3 Å². The minimum Gasteiger partial charge on any atom is -0.477 e. The van der Waals surface area contributed by atoms with Crippen molar-refractivity contribution in [2.24, 2.45) is 0 Å². The molecule has 0 saturated carbocycles. The SMILES string of the molecule is CCn1cc(CC(F)(F)C(=O)O)nn1. The molecule has 5 nitrogen and oxygen atoms in total. The van der Waals surface area contributed by atoms with Crippen LogP contribution in [0.15, 0.2) is 6.20 Å². The van der Waals surface area contributed by atoms with Gasteiger partial charge >= 0.3 is 11.9 Å². The highest BCUT2D eigenvalue weighted by Crippen LogP contribution is 2.18. The van der Waals surface area contributed by atoms with Gasteiger partial charge in [0, 0.05) is 12.7 Å². The van der Waals surface area contributed by atoms with Gasteiger partial charge in [-0.3, -0.25) is 4.68 Å². The van der Waals surface area contributed by atoms with E-state index in [-0.39, 0.29) is 5.69 Å². The van der Waals surface area contributed by atoms with Crippen LogP contribution in [-0.4, -0.2) is 32.0 Å². The highest BCUT2D eigenvalue weighted by atomic mass is 19.3. The molecule has 1 aromatic heterocycles. The fraction of sp³-hybridized carbons (Fsp3) is 0.571. The van der Waals surface area contributed by atoms with E-state index in [4.69, 9.17) is 5.11 Å². The molecule has 7 heteroatoms. The van der Waals surface area contributed by atoms with E-state index in [1.54, 1.807) is 6.92 Å². The van der Waals surface area contributed by atoms with Crippen molar-refractivity contribution in [2.75, 3.05) is 0 Å². The zero-order valence-electron chi connectivity index (χ0n) is 7.44. The van der Waals surface area contributed by atoms with E-state index in [0.29, 0.717) is 6.54 Å². The summed E-state index contributed by atoms with van der Waals surface area (Å²) in [4.78, 5) is 10.1. The smallest absolute Gasteiger partial charge is 0.374 e. The second-order valence-electron chi connectivity index (χ2n) is 2.75. The fourth-order valence-corrected chi connectivity index (χ4v) is 0.877. The molecule has 0 radical (unpaired) electrons. The van der Waals surface area contributed by atoms with E-state index >= 15 is 0 Å². The van der Waals surface area contributed by atoms with Gasteiger partial charge in [0.2, 0.25) is 0 Å². The zero-order valence-corrected chi connectivity index (χ0v) is 7.44. The first kappa shape index (κ1) is 10.6. The van der Waals surface area contributed by atoms with Crippen LogP contribution in [0.3, 0.4) is 0 Å². The molecule has 0 spiro atoms. The quantitative estimate of drug-likeness (QED) is 0.779. The number of hydrogen-bond donors (Lipinski definition) is 1. The molecule has 0 aliphatic rings. The average molecular weight is 205 g/mol. The number of halogens is 2. The first-order chi connectivity index (χ1) is 6.45. The Morgan fingerprint density at radius 3 is 2.79 bits per heavy atom. The molecule has 1 rings (SSSR count). The van der Waals surface area contributed by atoms with E-state index in [1.165, 1.54) is 10.9 Å². The summed E-state index contributed by atoms with van der Waals surface area (Å²) in [5, 5.41) is 15.1. The Balaban J connectivity index is 2.73. The Hall–Kier alpha value is -1.53. The van der Waals surface area contributed by atoms with E-state index in [0.717, 1.165) is 0 Å². The largest absolute Gasteiger partial charge is 0.477 e. The maximum atomic E-state index is 12.7. The first-order valence-electron chi connectivity index (χ1n) is 3.96. The second-order valence-corrected chi connectivity index (χ2v) is 2.75. The molecule has 0 bridgehead atoms. The van der Waals surface area contributed by atoms with Crippen molar-refractivity contribution in [1.82, 2.24) is 15.0 Å². The van der Waals surface area contributed by atoms with Crippen molar-refractivity contribution < 1.29 is 18.7 Å². The predicted molar refractivity (Wildman–Crippen MR) is 42.0 cm³/mol. The molecule has 1 heterocycles.